The Bertz CT molecular complexity index is 758. The molecule has 1 unspecified atom stereocenters. The third kappa shape index (κ3) is 4.48. The molecule has 1 amide bonds. The van der Waals surface area contributed by atoms with E-state index in [0.29, 0.717) is 12.1 Å². The summed E-state index contributed by atoms with van der Waals surface area (Å²) >= 11 is 0. The summed E-state index contributed by atoms with van der Waals surface area (Å²) in [5.74, 6) is 0. The van der Waals surface area contributed by atoms with E-state index in [1.165, 1.54) is 11.6 Å². The number of ether oxygens (including phenoxy) is 1. The van der Waals surface area contributed by atoms with Gasteiger partial charge in [0.2, 0.25) is 0 Å². The third-order valence-corrected chi connectivity index (χ3v) is 4.23. The average Bonchev–Trinajstić information content (AvgIpc) is 2.65. The van der Waals surface area contributed by atoms with Crippen molar-refractivity contribution in [2.75, 3.05) is 6.54 Å². The van der Waals surface area contributed by atoms with E-state index in [-0.39, 0.29) is 51.5 Å². The Balaban J connectivity index is 0.00000225. The number of carbonyl (C=O) groups excluding carboxylic acids is 1. The maximum Gasteiger partial charge on any atom is 0.409 e. The van der Waals surface area contributed by atoms with E-state index in [1.54, 1.807) is 4.90 Å². The van der Waals surface area contributed by atoms with Crippen molar-refractivity contribution in [1.29, 1.82) is 0 Å². The van der Waals surface area contributed by atoms with Crippen molar-refractivity contribution < 1.29 is 42.2 Å². The predicted molar refractivity (Wildman–Crippen MR) is 92.9 cm³/mol. The van der Waals surface area contributed by atoms with Gasteiger partial charge in [0.05, 0.1) is 0 Å². The van der Waals surface area contributed by atoms with Crippen LogP contribution in [0.15, 0.2) is 66.2 Å². The Labute approximate surface area is 174 Å². The fourth-order valence-electron chi connectivity index (χ4n) is 3.02. The zero-order valence-corrected chi connectivity index (χ0v) is 16.8. The maximum atomic E-state index is 12.6. The van der Waals surface area contributed by atoms with Crippen molar-refractivity contribution >= 4 is 6.09 Å². The Kier molecular flexibility index (Phi) is 7.16. The molecule has 3 nitrogen and oxygen atoms in total. The molecule has 4 heteroatoms. The van der Waals surface area contributed by atoms with Gasteiger partial charge in [0.1, 0.15) is 6.61 Å². The zero-order chi connectivity index (χ0) is 16.9. The normalized spacial score (nSPS) is 15.5. The average molecular weight is 406 g/mol. The van der Waals surface area contributed by atoms with Crippen molar-refractivity contribution in [2.24, 2.45) is 0 Å². The molecule has 2 aromatic carbocycles. The minimum Gasteiger partial charge on any atom is -0.445 e. The van der Waals surface area contributed by atoms with Crippen molar-refractivity contribution in [2.45, 2.75) is 19.1 Å². The van der Waals surface area contributed by atoms with Gasteiger partial charge < -0.3 is 34.4 Å². The Morgan fingerprint density at radius 1 is 1.16 bits per heavy atom. The molecule has 125 valence electrons. The van der Waals surface area contributed by atoms with Crippen molar-refractivity contribution in [1.82, 2.24) is 4.90 Å². The summed E-state index contributed by atoms with van der Waals surface area (Å²) in [4.78, 5) is 14.2. The summed E-state index contributed by atoms with van der Waals surface area (Å²) in [6.07, 6.45) is 1.73. The quantitative estimate of drug-likeness (QED) is 0.561. The smallest absolute Gasteiger partial charge is 0.409 e. The summed E-state index contributed by atoms with van der Waals surface area (Å²) in [6.45, 7) is 12.5. The van der Waals surface area contributed by atoms with Crippen LogP contribution in [0.1, 0.15) is 22.7 Å². The van der Waals surface area contributed by atoms with E-state index in [4.69, 9.17) is 17.9 Å². The van der Waals surface area contributed by atoms with Crippen LogP contribution >= 0.6 is 0 Å². The molecule has 2 aromatic rings. The molecule has 1 heterocycles. The van der Waals surface area contributed by atoms with Gasteiger partial charge in [-0.1, -0.05) is 54.6 Å². The van der Waals surface area contributed by atoms with E-state index in [0.717, 1.165) is 17.5 Å². The molecule has 1 radical (unpaired) electrons. The van der Waals surface area contributed by atoms with Crippen LogP contribution in [-0.2, 0) is 50.5 Å². The van der Waals surface area contributed by atoms with Crippen LogP contribution in [0.3, 0.4) is 0 Å². The van der Waals surface area contributed by atoms with Gasteiger partial charge in [0.25, 0.3) is 0 Å². The van der Waals surface area contributed by atoms with Gasteiger partial charge in [0, 0.05) is 39.3 Å². The first-order valence-corrected chi connectivity index (χ1v) is 7.93. The second-order valence-corrected chi connectivity index (χ2v) is 5.75. The van der Waals surface area contributed by atoms with E-state index < -0.39 is 0 Å². The molecule has 3 rings (SSSR count). The molecule has 0 fully saturated rings. The number of amides is 1. The topological polar surface area (TPSA) is 29.5 Å². The number of nitrogens with zero attached hydrogens (tertiary/aromatic N) is 1. The molecule has 1 aliphatic heterocycles. The summed E-state index contributed by atoms with van der Waals surface area (Å²) in [6, 6.07) is 17.2. The van der Waals surface area contributed by atoms with E-state index in [2.05, 4.69) is 6.07 Å². The van der Waals surface area contributed by atoms with E-state index in [9.17, 15) is 4.79 Å². The molecule has 0 saturated carbocycles. The van der Waals surface area contributed by atoms with Crippen molar-refractivity contribution in [3.8, 4) is 0 Å². The largest absolute Gasteiger partial charge is 0.445 e. The molecular weight excluding hydrogens is 387 g/mol. The van der Waals surface area contributed by atoms with Crippen LogP contribution in [0.2, 0.25) is 0 Å². The first kappa shape index (κ1) is 19.6. The fraction of sp³-hybridized carbons (Fsp3) is 0.190. The molecule has 0 bridgehead atoms. The number of hydrogen-bond donors (Lipinski definition) is 0. The Morgan fingerprint density at radius 2 is 1.84 bits per heavy atom. The van der Waals surface area contributed by atoms with E-state index >= 15 is 0 Å². The van der Waals surface area contributed by atoms with Crippen LogP contribution < -0.4 is 0 Å². The zero-order valence-electron chi connectivity index (χ0n) is 14.0. The molecule has 0 N–H and O–H groups in total. The van der Waals surface area contributed by atoms with Gasteiger partial charge >= 0.3 is 6.09 Å². The first-order chi connectivity index (χ1) is 11.7. The molecular formula is C21H19NO2Y-2. The number of carbonyl (C=O) groups is 1. The summed E-state index contributed by atoms with van der Waals surface area (Å²) in [5, 5.41) is 0. The van der Waals surface area contributed by atoms with Crippen LogP contribution in [-0.4, -0.2) is 17.5 Å². The number of hydrogen-bond acceptors (Lipinski definition) is 2. The van der Waals surface area contributed by atoms with Crippen molar-refractivity contribution in [3.05, 3.63) is 96.1 Å². The van der Waals surface area contributed by atoms with Gasteiger partial charge in [-0.3, -0.25) is 0 Å². The number of benzene rings is 2. The minimum atomic E-state index is -0.386. The SMILES string of the molecule is [CH-]=CC(=[CH-])C1c2ccccc2CCN1C(=O)OCc1ccccc1.[Y]. The summed E-state index contributed by atoms with van der Waals surface area (Å²) in [7, 11) is 0. The molecule has 0 saturated heterocycles. The summed E-state index contributed by atoms with van der Waals surface area (Å²) < 4.78 is 5.47. The molecule has 25 heavy (non-hydrogen) atoms. The van der Waals surface area contributed by atoms with Crippen LogP contribution in [0.25, 0.3) is 0 Å². The number of rotatable bonds is 4. The fourth-order valence-corrected chi connectivity index (χ4v) is 3.02. The van der Waals surface area contributed by atoms with Gasteiger partial charge in [0.15, 0.2) is 0 Å². The summed E-state index contributed by atoms with van der Waals surface area (Å²) in [5.41, 5.74) is 3.57. The maximum absolute atomic E-state index is 12.6. The second kappa shape index (κ2) is 9.12. The monoisotopic (exact) mass is 406 g/mol. The van der Waals surface area contributed by atoms with E-state index in [1.807, 2.05) is 48.5 Å². The van der Waals surface area contributed by atoms with Gasteiger partial charge in [-0.15, -0.1) is 0 Å². The minimum absolute atomic E-state index is 0. The predicted octanol–water partition coefficient (Wildman–Crippen LogP) is 4.27. The van der Waals surface area contributed by atoms with Crippen molar-refractivity contribution in [3.63, 3.8) is 0 Å². The second-order valence-electron chi connectivity index (χ2n) is 5.75. The first-order valence-electron chi connectivity index (χ1n) is 7.93. The third-order valence-electron chi connectivity index (χ3n) is 4.23. The van der Waals surface area contributed by atoms with Crippen LogP contribution in [0.5, 0.6) is 0 Å². The molecule has 0 aliphatic carbocycles. The molecule has 1 aliphatic rings. The van der Waals surface area contributed by atoms with Gasteiger partial charge in [-0.2, -0.15) is 0 Å². The van der Waals surface area contributed by atoms with Gasteiger partial charge in [-0.25, -0.2) is 4.79 Å². The van der Waals surface area contributed by atoms with Gasteiger partial charge in [-0.05, 0) is 29.2 Å². The molecule has 0 spiro atoms. The van der Waals surface area contributed by atoms with Crippen LogP contribution in [0, 0.1) is 13.2 Å². The Hall–Kier alpha value is -1.71. The van der Waals surface area contributed by atoms with Crippen LogP contribution in [0.4, 0.5) is 4.79 Å². The standard InChI is InChI=1S/C21H19NO2.Y/c1-3-16(2)20-19-12-8-7-11-18(19)13-14-22(20)21(23)24-15-17-9-5-4-6-10-17;/h1-12,20H,13-15H2;/q-2;. The Morgan fingerprint density at radius 3 is 2.56 bits per heavy atom. The molecule has 1 atom stereocenters. The number of fused-ring (bicyclic) bond motifs is 1. The molecule has 0 aromatic heterocycles.